The fraction of sp³-hybridized carbons (Fsp3) is 0.444. The third-order valence-electron chi connectivity index (χ3n) is 7.56. The molecular formula is C27H32N6O3. The highest BCUT2D eigenvalue weighted by Crippen LogP contribution is 2.36. The largest absolute Gasteiger partial charge is 0.495 e. The summed E-state index contributed by atoms with van der Waals surface area (Å²) in [6, 6.07) is 10.1. The van der Waals surface area contributed by atoms with E-state index in [9.17, 15) is 4.79 Å². The summed E-state index contributed by atoms with van der Waals surface area (Å²) >= 11 is 0. The Labute approximate surface area is 210 Å². The Bertz CT molecular complexity index is 1300. The molecular weight excluding hydrogens is 456 g/mol. The number of methoxy groups -OCH3 is 1. The van der Waals surface area contributed by atoms with Gasteiger partial charge in [-0.2, -0.15) is 0 Å². The number of fused-ring (bicyclic) bond motifs is 2. The van der Waals surface area contributed by atoms with Crippen molar-refractivity contribution in [2.75, 3.05) is 50.6 Å². The average Bonchev–Trinajstić information content (AvgIpc) is 3.04. The van der Waals surface area contributed by atoms with E-state index in [2.05, 4.69) is 39.7 Å². The Balaban J connectivity index is 1.28. The van der Waals surface area contributed by atoms with E-state index >= 15 is 0 Å². The average molecular weight is 489 g/mol. The minimum Gasteiger partial charge on any atom is -0.495 e. The number of benzene rings is 2. The van der Waals surface area contributed by atoms with Gasteiger partial charge in [-0.3, -0.25) is 4.90 Å². The second-order valence-corrected chi connectivity index (χ2v) is 10.1. The smallest absolute Gasteiger partial charge is 0.415 e. The minimum absolute atomic E-state index is 0.285. The van der Waals surface area contributed by atoms with Gasteiger partial charge in [-0.15, -0.1) is 0 Å². The fourth-order valence-electron chi connectivity index (χ4n) is 5.54. The van der Waals surface area contributed by atoms with Gasteiger partial charge in [0.05, 0.1) is 24.9 Å². The van der Waals surface area contributed by atoms with Gasteiger partial charge in [-0.1, -0.05) is 0 Å². The molecule has 1 amide bonds. The van der Waals surface area contributed by atoms with Gasteiger partial charge in [-0.25, -0.2) is 14.8 Å². The molecule has 0 radical (unpaired) electrons. The van der Waals surface area contributed by atoms with E-state index in [1.54, 1.807) is 18.2 Å². The van der Waals surface area contributed by atoms with Crippen LogP contribution in [-0.2, 0) is 17.7 Å². The van der Waals surface area contributed by atoms with Crippen LogP contribution in [0.15, 0.2) is 36.5 Å². The number of amides is 1. The third-order valence-corrected chi connectivity index (χ3v) is 7.56. The molecule has 9 nitrogen and oxygen atoms in total. The second kappa shape index (κ2) is 9.22. The number of anilines is 3. The number of hydrogen-bond acceptors (Lipinski definition) is 8. The van der Waals surface area contributed by atoms with Gasteiger partial charge in [0.2, 0.25) is 5.95 Å². The SMILES string of the molecule is COc1cc2c(cc1Nc1ncc3ccc(N4C[C@]5(CCCNCC5)OC4=O)cc3n1)CN(C)CC2. The van der Waals surface area contributed by atoms with Crippen molar-refractivity contribution < 1.29 is 14.3 Å². The van der Waals surface area contributed by atoms with Crippen molar-refractivity contribution in [3.63, 3.8) is 0 Å². The van der Waals surface area contributed by atoms with E-state index in [1.165, 1.54) is 11.1 Å². The lowest BCUT2D eigenvalue weighted by Crippen LogP contribution is -2.35. The standard InChI is InChI=1S/C27H32N6O3/c1-32-11-6-18-13-24(35-2)23(12-20(18)16-32)31-25-29-15-19-4-5-21(14-22(19)30-25)33-17-27(36-26(33)34)7-3-9-28-10-8-27/h4-5,12-15,28H,3,6-11,16-17H2,1-2H3,(H,29,30,31)/t27-/m1/s1. The predicted molar refractivity (Wildman–Crippen MR) is 139 cm³/mol. The minimum atomic E-state index is -0.412. The Morgan fingerprint density at radius 1 is 1.17 bits per heavy atom. The molecule has 3 aliphatic rings. The topological polar surface area (TPSA) is 91.8 Å². The number of rotatable bonds is 4. The molecule has 2 N–H and O–H groups in total. The zero-order valence-electron chi connectivity index (χ0n) is 20.8. The summed E-state index contributed by atoms with van der Waals surface area (Å²) in [5.41, 5.74) is 4.59. The maximum Gasteiger partial charge on any atom is 0.415 e. The van der Waals surface area contributed by atoms with Crippen LogP contribution in [0.3, 0.4) is 0 Å². The quantitative estimate of drug-likeness (QED) is 0.573. The second-order valence-electron chi connectivity index (χ2n) is 10.1. The van der Waals surface area contributed by atoms with Crippen molar-refractivity contribution >= 4 is 34.3 Å². The molecule has 3 aromatic rings. The molecule has 0 unspecified atom stereocenters. The lowest BCUT2D eigenvalue weighted by Gasteiger charge is -2.26. The molecule has 36 heavy (non-hydrogen) atoms. The van der Waals surface area contributed by atoms with Crippen LogP contribution in [-0.4, -0.2) is 66.9 Å². The first-order valence-electron chi connectivity index (χ1n) is 12.7. The van der Waals surface area contributed by atoms with Crippen molar-refractivity contribution in [3.8, 4) is 5.75 Å². The Kier molecular flexibility index (Phi) is 5.89. The van der Waals surface area contributed by atoms with Crippen LogP contribution in [0.4, 0.5) is 22.1 Å². The number of carbonyl (C=O) groups is 1. The van der Waals surface area contributed by atoms with Gasteiger partial charge in [0.1, 0.15) is 11.4 Å². The summed E-state index contributed by atoms with van der Waals surface area (Å²) in [5.74, 6) is 1.26. The maximum atomic E-state index is 12.8. The van der Waals surface area contributed by atoms with Crippen molar-refractivity contribution in [2.24, 2.45) is 0 Å². The first-order chi connectivity index (χ1) is 17.5. The lowest BCUT2D eigenvalue weighted by molar-refractivity contribution is 0.0470. The maximum absolute atomic E-state index is 12.8. The van der Waals surface area contributed by atoms with Crippen LogP contribution < -0.4 is 20.3 Å². The number of hydrogen-bond donors (Lipinski definition) is 2. The van der Waals surface area contributed by atoms with Gasteiger partial charge in [-0.05, 0) is 80.9 Å². The van der Waals surface area contributed by atoms with Crippen molar-refractivity contribution in [1.82, 2.24) is 20.2 Å². The number of aromatic nitrogens is 2. The molecule has 2 fully saturated rings. The van der Waals surface area contributed by atoms with Crippen LogP contribution in [0.1, 0.15) is 30.4 Å². The molecule has 6 rings (SSSR count). The van der Waals surface area contributed by atoms with E-state index in [4.69, 9.17) is 14.5 Å². The summed E-state index contributed by atoms with van der Waals surface area (Å²) in [6.07, 6.45) is 5.24. The molecule has 3 aliphatic heterocycles. The van der Waals surface area contributed by atoms with E-state index in [1.807, 2.05) is 18.2 Å². The molecule has 1 aromatic heterocycles. The van der Waals surface area contributed by atoms with Gasteiger partial charge in [0, 0.05) is 36.8 Å². The van der Waals surface area contributed by atoms with Gasteiger partial charge < -0.3 is 25.0 Å². The summed E-state index contributed by atoms with van der Waals surface area (Å²) < 4.78 is 11.6. The van der Waals surface area contributed by atoms with Gasteiger partial charge in [0.25, 0.3) is 0 Å². The van der Waals surface area contributed by atoms with E-state index < -0.39 is 5.60 Å². The highest BCUT2D eigenvalue weighted by atomic mass is 16.6. The van der Waals surface area contributed by atoms with Gasteiger partial charge >= 0.3 is 6.09 Å². The molecule has 1 spiro atoms. The van der Waals surface area contributed by atoms with E-state index in [0.717, 1.165) is 79.9 Å². The van der Waals surface area contributed by atoms with E-state index in [0.29, 0.717) is 12.5 Å². The number of carbonyl (C=O) groups excluding carboxylic acids is 1. The van der Waals surface area contributed by atoms with Crippen molar-refractivity contribution in [2.45, 2.75) is 37.8 Å². The van der Waals surface area contributed by atoms with Crippen LogP contribution in [0.5, 0.6) is 5.75 Å². The highest BCUT2D eigenvalue weighted by Gasteiger charge is 2.45. The number of nitrogens with zero attached hydrogens (tertiary/aromatic N) is 4. The first-order valence-corrected chi connectivity index (χ1v) is 12.7. The Morgan fingerprint density at radius 3 is 2.97 bits per heavy atom. The molecule has 4 heterocycles. The molecule has 188 valence electrons. The third kappa shape index (κ3) is 4.33. The number of likely N-dealkylation sites (N-methyl/N-ethyl adjacent to an activating group) is 1. The van der Waals surface area contributed by atoms with Crippen LogP contribution in [0.25, 0.3) is 10.9 Å². The van der Waals surface area contributed by atoms with Crippen molar-refractivity contribution in [1.29, 1.82) is 0 Å². The molecule has 0 aliphatic carbocycles. The number of nitrogens with one attached hydrogen (secondary N) is 2. The fourth-order valence-corrected chi connectivity index (χ4v) is 5.54. The molecule has 2 saturated heterocycles. The van der Waals surface area contributed by atoms with Gasteiger partial charge in [0.15, 0.2) is 0 Å². The molecule has 1 atom stereocenters. The zero-order valence-corrected chi connectivity index (χ0v) is 20.8. The number of ether oxygens (including phenoxy) is 2. The Morgan fingerprint density at radius 2 is 2.08 bits per heavy atom. The molecule has 0 saturated carbocycles. The Hall–Kier alpha value is -3.43. The first kappa shape index (κ1) is 23.0. The normalized spacial score (nSPS) is 22.4. The molecule has 2 aromatic carbocycles. The zero-order chi connectivity index (χ0) is 24.7. The van der Waals surface area contributed by atoms with Crippen LogP contribution in [0, 0.1) is 0 Å². The predicted octanol–water partition coefficient (Wildman–Crippen LogP) is 3.84. The summed E-state index contributed by atoms with van der Waals surface area (Å²) in [7, 11) is 3.82. The van der Waals surface area contributed by atoms with Crippen molar-refractivity contribution in [3.05, 3.63) is 47.7 Å². The summed E-state index contributed by atoms with van der Waals surface area (Å²) in [5, 5.41) is 7.66. The van der Waals surface area contributed by atoms with Crippen LogP contribution >= 0.6 is 0 Å². The van der Waals surface area contributed by atoms with E-state index in [-0.39, 0.29) is 6.09 Å². The lowest BCUT2D eigenvalue weighted by atomic mass is 9.95. The monoisotopic (exact) mass is 488 g/mol. The summed E-state index contributed by atoms with van der Waals surface area (Å²) in [4.78, 5) is 26.2. The summed E-state index contributed by atoms with van der Waals surface area (Å²) in [6.45, 7) is 4.34. The molecule has 0 bridgehead atoms. The van der Waals surface area contributed by atoms with Crippen LogP contribution in [0.2, 0.25) is 0 Å². The highest BCUT2D eigenvalue weighted by molar-refractivity contribution is 5.93. The molecule has 9 heteroatoms.